The van der Waals surface area contributed by atoms with Crippen molar-refractivity contribution in [3.05, 3.63) is 0 Å². The molecule has 0 saturated heterocycles. The van der Waals surface area contributed by atoms with Gasteiger partial charge in [0.15, 0.2) is 0 Å². The maximum absolute atomic E-state index is 12.3. The van der Waals surface area contributed by atoms with Crippen molar-refractivity contribution in [1.29, 1.82) is 0 Å². The molecule has 0 heterocycles. The fourth-order valence-electron chi connectivity index (χ4n) is 0.466. The molecule has 0 aliphatic heterocycles. The summed E-state index contributed by atoms with van der Waals surface area (Å²) in [7, 11) is 0. The zero-order valence-electron chi connectivity index (χ0n) is 6.64. The van der Waals surface area contributed by atoms with E-state index in [0.29, 0.717) is 0 Å². The summed E-state index contributed by atoms with van der Waals surface area (Å²) in [5, 5.41) is 10.1. The topological polar surface area (TPSA) is 49.3 Å². The van der Waals surface area contributed by atoms with Gasteiger partial charge in [0, 0.05) is 0 Å². The molecule has 0 aromatic heterocycles. The Morgan fingerprint density at radius 2 is 2.25 bits per heavy atom. The van der Waals surface area contributed by atoms with Crippen molar-refractivity contribution in [2.75, 3.05) is 25.2 Å². The number of rotatable bonds is 5. The molecule has 0 fully saturated rings. The van der Waals surface area contributed by atoms with Crippen LogP contribution in [-0.2, 0) is 4.79 Å². The van der Waals surface area contributed by atoms with E-state index in [9.17, 15) is 13.6 Å². The second-order valence-corrected chi connectivity index (χ2v) is 3.09. The molecule has 0 aliphatic carbocycles. The first-order valence-electron chi connectivity index (χ1n) is 3.26. The molecule has 72 valence electrons. The molecular weight excluding hydrogens is 188 g/mol. The molecular formula is C6H11F2NO2S. The number of halogens is 2. The first-order valence-corrected chi connectivity index (χ1v) is 4.65. The van der Waals surface area contributed by atoms with Crippen molar-refractivity contribution in [3.8, 4) is 0 Å². The molecule has 0 radical (unpaired) electrons. The standard InChI is InChI=1S/C6H11F2NO2S/c1-12-2-5(11)9-3-6(7,8)4-10/h10H,2-4H2,1H3,(H,9,11). The van der Waals surface area contributed by atoms with E-state index in [1.54, 1.807) is 6.26 Å². The van der Waals surface area contributed by atoms with Crippen LogP contribution in [-0.4, -0.2) is 42.1 Å². The summed E-state index contributed by atoms with van der Waals surface area (Å²) in [5.74, 6) is -3.51. The smallest absolute Gasteiger partial charge is 0.287 e. The third kappa shape index (κ3) is 5.31. The number of thioether (sulfide) groups is 1. The predicted octanol–water partition coefficient (Wildman–Crippen LogP) is 0.0932. The maximum atomic E-state index is 12.3. The zero-order chi connectivity index (χ0) is 9.61. The molecule has 0 aliphatic rings. The van der Waals surface area contributed by atoms with Gasteiger partial charge in [0.2, 0.25) is 5.91 Å². The van der Waals surface area contributed by atoms with Crippen LogP contribution in [0.4, 0.5) is 8.78 Å². The lowest BCUT2D eigenvalue weighted by Crippen LogP contribution is -2.39. The number of aliphatic hydroxyl groups excluding tert-OH is 1. The normalized spacial score (nSPS) is 11.3. The Hall–Kier alpha value is -0.360. The number of nitrogens with one attached hydrogen (secondary N) is 1. The molecule has 0 atom stereocenters. The molecule has 1 amide bonds. The fraction of sp³-hybridized carbons (Fsp3) is 0.833. The summed E-state index contributed by atoms with van der Waals surface area (Å²) in [6, 6.07) is 0. The number of alkyl halides is 2. The Labute approximate surface area is 73.5 Å². The minimum Gasteiger partial charge on any atom is -0.390 e. The molecule has 12 heavy (non-hydrogen) atoms. The van der Waals surface area contributed by atoms with Gasteiger partial charge in [-0.3, -0.25) is 4.79 Å². The van der Waals surface area contributed by atoms with Crippen molar-refractivity contribution in [2.24, 2.45) is 0 Å². The second-order valence-electron chi connectivity index (χ2n) is 2.22. The molecule has 0 saturated carbocycles. The van der Waals surface area contributed by atoms with Gasteiger partial charge < -0.3 is 10.4 Å². The lowest BCUT2D eigenvalue weighted by atomic mass is 10.3. The van der Waals surface area contributed by atoms with Gasteiger partial charge in [-0.15, -0.1) is 0 Å². The van der Waals surface area contributed by atoms with E-state index in [-0.39, 0.29) is 5.75 Å². The highest BCUT2D eigenvalue weighted by Crippen LogP contribution is 2.09. The zero-order valence-corrected chi connectivity index (χ0v) is 7.46. The molecule has 6 heteroatoms. The fourth-order valence-corrected chi connectivity index (χ4v) is 0.830. The molecule has 0 aromatic rings. The van der Waals surface area contributed by atoms with Gasteiger partial charge in [-0.25, -0.2) is 8.78 Å². The molecule has 2 N–H and O–H groups in total. The molecule has 0 spiro atoms. The Bertz CT molecular complexity index is 154. The quantitative estimate of drug-likeness (QED) is 0.660. The van der Waals surface area contributed by atoms with Crippen LogP contribution in [0.2, 0.25) is 0 Å². The van der Waals surface area contributed by atoms with Gasteiger partial charge in [-0.2, -0.15) is 11.8 Å². The number of carbonyl (C=O) groups excluding carboxylic acids is 1. The number of aliphatic hydroxyl groups is 1. The summed E-state index contributed by atoms with van der Waals surface area (Å²) in [6.45, 7) is -2.05. The van der Waals surface area contributed by atoms with E-state index >= 15 is 0 Å². The van der Waals surface area contributed by atoms with E-state index in [1.807, 2.05) is 5.32 Å². The van der Waals surface area contributed by atoms with Crippen molar-refractivity contribution >= 4 is 17.7 Å². The van der Waals surface area contributed by atoms with E-state index in [1.165, 1.54) is 11.8 Å². The number of hydrogen-bond acceptors (Lipinski definition) is 3. The third-order valence-corrected chi connectivity index (χ3v) is 1.60. The monoisotopic (exact) mass is 199 g/mol. The summed E-state index contributed by atoms with van der Waals surface area (Å²) in [5.41, 5.74) is 0. The SMILES string of the molecule is CSCC(=O)NCC(F)(F)CO. The Morgan fingerprint density at radius 3 is 2.67 bits per heavy atom. The molecule has 3 nitrogen and oxygen atoms in total. The van der Waals surface area contributed by atoms with E-state index in [4.69, 9.17) is 5.11 Å². The van der Waals surface area contributed by atoms with Gasteiger partial charge in [0.25, 0.3) is 5.92 Å². The van der Waals surface area contributed by atoms with Crippen molar-refractivity contribution in [3.63, 3.8) is 0 Å². The van der Waals surface area contributed by atoms with Crippen LogP contribution in [0, 0.1) is 0 Å². The third-order valence-electron chi connectivity index (χ3n) is 1.05. The second kappa shape index (κ2) is 5.31. The molecule has 0 aromatic carbocycles. The van der Waals surface area contributed by atoms with Crippen LogP contribution in [0.5, 0.6) is 0 Å². The molecule has 0 bridgehead atoms. The van der Waals surface area contributed by atoms with Gasteiger partial charge >= 0.3 is 0 Å². The van der Waals surface area contributed by atoms with E-state index in [2.05, 4.69) is 0 Å². The average molecular weight is 199 g/mol. The Kier molecular flexibility index (Phi) is 5.16. The lowest BCUT2D eigenvalue weighted by Gasteiger charge is -2.13. The van der Waals surface area contributed by atoms with Crippen LogP contribution in [0.3, 0.4) is 0 Å². The number of hydrogen-bond donors (Lipinski definition) is 2. The summed E-state index contributed by atoms with van der Waals surface area (Å²) < 4.78 is 24.6. The summed E-state index contributed by atoms with van der Waals surface area (Å²) >= 11 is 1.25. The minimum atomic E-state index is -3.21. The van der Waals surface area contributed by atoms with Crippen LogP contribution < -0.4 is 5.32 Å². The summed E-state index contributed by atoms with van der Waals surface area (Å²) in [6.07, 6.45) is 1.70. The molecule has 0 unspecified atom stereocenters. The van der Waals surface area contributed by atoms with Gasteiger partial charge in [-0.1, -0.05) is 0 Å². The highest BCUT2D eigenvalue weighted by atomic mass is 32.2. The van der Waals surface area contributed by atoms with E-state index < -0.39 is 25.0 Å². The van der Waals surface area contributed by atoms with Gasteiger partial charge in [0.05, 0.1) is 12.3 Å². The van der Waals surface area contributed by atoms with Crippen molar-refractivity contribution in [2.45, 2.75) is 5.92 Å². The van der Waals surface area contributed by atoms with Crippen LogP contribution in [0.1, 0.15) is 0 Å². The van der Waals surface area contributed by atoms with Gasteiger partial charge in [-0.05, 0) is 6.26 Å². The van der Waals surface area contributed by atoms with Gasteiger partial charge in [0.1, 0.15) is 6.61 Å². The molecule has 0 rings (SSSR count). The maximum Gasteiger partial charge on any atom is 0.287 e. The highest BCUT2D eigenvalue weighted by Gasteiger charge is 2.27. The number of carbonyl (C=O) groups is 1. The highest BCUT2D eigenvalue weighted by molar-refractivity contribution is 7.99. The van der Waals surface area contributed by atoms with Crippen molar-refractivity contribution < 1.29 is 18.7 Å². The first kappa shape index (κ1) is 11.6. The summed E-state index contributed by atoms with van der Waals surface area (Å²) in [4.78, 5) is 10.7. The van der Waals surface area contributed by atoms with Crippen LogP contribution >= 0.6 is 11.8 Å². The average Bonchev–Trinajstić information content (AvgIpc) is 2.02. The van der Waals surface area contributed by atoms with Crippen molar-refractivity contribution in [1.82, 2.24) is 5.32 Å². The lowest BCUT2D eigenvalue weighted by molar-refractivity contribution is -0.121. The Balaban J connectivity index is 3.60. The van der Waals surface area contributed by atoms with Crippen LogP contribution in [0.15, 0.2) is 0 Å². The predicted molar refractivity (Wildman–Crippen MR) is 43.4 cm³/mol. The Morgan fingerprint density at radius 1 is 1.67 bits per heavy atom. The van der Waals surface area contributed by atoms with E-state index in [0.717, 1.165) is 0 Å². The first-order chi connectivity index (χ1) is 5.52. The van der Waals surface area contributed by atoms with Crippen LogP contribution in [0.25, 0.3) is 0 Å². The number of amides is 1. The minimum absolute atomic E-state index is 0.154. The largest absolute Gasteiger partial charge is 0.390 e.